The van der Waals surface area contributed by atoms with Crippen LogP contribution >= 0.6 is 0 Å². The summed E-state index contributed by atoms with van der Waals surface area (Å²) in [6, 6.07) is 14.1. The first-order valence-electron chi connectivity index (χ1n) is 7.47. The highest BCUT2D eigenvalue weighted by molar-refractivity contribution is 6.03. The third-order valence-electron chi connectivity index (χ3n) is 3.22. The maximum absolute atomic E-state index is 12.2. The lowest BCUT2D eigenvalue weighted by Crippen LogP contribution is -2.23. The Morgan fingerprint density at radius 3 is 2.52 bits per heavy atom. The first kappa shape index (κ1) is 16.6. The Labute approximate surface area is 136 Å². The summed E-state index contributed by atoms with van der Waals surface area (Å²) in [5.74, 6) is 0.805. The van der Waals surface area contributed by atoms with Crippen LogP contribution in [0.1, 0.15) is 19.4 Å². The molecule has 2 aromatic rings. The van der Waals surface area contributed by atoms with E-state index in [1.54, 1.807) is 37.4 Å². The minimum atomic E-state index is -0.147. The number of hydrogen-bond acceptors (Lipinski definition) is 3. The first-order chi connectivity index (χ1) is 11.0. The van der Waals surface area contributed by atoms with E-state index in [9.17, 15) is 9.90 Å². The third kappa shape index (κ3) is 4.88. The summed E-state index contributed by atoms with van der Waals surface area (Å²) in [5.41, 5.74) is 1.62. The number of benzene rings is 2. The average molecular weight is 311 g/mol. The number of rotatable bonds is 5. The van der Waals surface area contributed by atoms with E-state index in [-0.39, 0.29) is 17.8 Å². The standard InChI is InChI=1S/C19H21NO3/c1-14(2)23-18-6-4-5-15(13-18)7-12-19(22)20(3)16-8-10-17(21)11-9-16/h4-14,21H,1-3H3/b12-7+. The molecule has 0 aliphatic rings. The van der Waals surface area contributed by atoms with Crippen LogP contribution in [0, 0.1) is 0 Å². The van der Waals surface area contributed by atoms with Crippen molar-refractivity contribution in [2.75, 3.05) is 11.9 Å². The smallest absolute Gasteiger partial charge is 0.250 e. The minimum Gasteiger partial charge on any atom is -0.508 e. The van der Waals surface area contributed by atoms with Gasteiger partial charge in [-0.15, -0.1) is 0 Å². The molecule has 0 saturated heterocycles. The summed E-state index contributed by atoms with van der Waals surface area (Å²) >= 11 is 0. The highest BCUT2D eigenvalue weighted by Gasteiger charge is 2.07. The lowest BCUT2D eigenvalue weighted by molar-refractivity contribution is -0.113. The third-order valence-corrected chi connectivity index (χ3v) is 3.22. The van der Waals surface area contributed by atoms with E-state index < -0.39 is 0 Å². The molecule has 0 unspecified atom stereocenters. The molecule has 120 valence electrons. The molecule has 2 aromatic carbocycles. The molecule has 0 atom stereocenters. The fraction of sp³-hybridized carbons (Fsp3) is 0.211. The van der Waals surface area contributed by atoms with Crippen LogP contribution < -0.4 is 9.64 Å². The van der Waals surface area contributed by atoms with E-state index in [0.29, 0.717) is 5.69 Å². The van der Waals surface area contributed by atoms with Gasteiger partial charge < -0.3 is 14.7 Å². The maximum atomic E-state index is 12.2. The number of carbonyl (C=O) groups is 1. The molecule has 1 N–H and O–H groups in total. The summed E-state index contributed by atoms with van der Waals surface area (Å²) in [4.78, 5) is 13.7. The average Bonchev–Trinajstić information content (AvgIpc) is 2.52. The number of aromatic hydroxyl groups is 1. The van der Waals surface area contributed by atoms with Gasteiger partial charge >= 0.3 is 0 Å². The number of nitrogens with zero attached hydrogens (tertiary/aromatic N) is 1. The summed E-state index contributed by atoms with van der Waals surface area (Å²) in [5, 5.41) is 9.29. The normalized spacial score (nSPS) is 11.0. The van der Waals surface area contributed by atoms with Crippen molar-refractivity contribution in [3.05, 3.63) is 60.2 Å². The molecule has 0 bridgehead atoms. The van der Waals surface area contributed by atoms with Crippen LogP contribution in [0.3, 0.4) is 0 Å². The van der Waals surface area contributed by atoms with Gasteiger partial charge in [0.15, 0.2) is 0 Å². The van der Waals surface area contributed by atoms with Crippen LogP contribution in [0.2, 0.25) is 0 Å². The van der Waals surface area contributed by atoms with E-state index in [2.05, 4.69) is 0 Å². The number of amides is 1. The van der Waals surface area contributed by atoms with Crippen LogP contribution in [-0.2, 0) is 4.79 Å². The van der Waals surface area contributed by atoms with Crippen molar-refractivity contribution >= 4 is 17.7 Å². The molecule has 0 saturated carbocycles. The molecule has 0 heterocycles. The van der Waals surface area contributed by atoms with Crippen LogP contribution in [0.15, 0.2) is 54.6 Å². The topological polar surface area (TPSA) is 49.8 Å². The summed E-state index contributed by atoms with van der Waals surface area (Å²) in [7, 11) is 1.69. The second-order valence-electron chi connectivity index (χ2n) is 5.49. The minimum absolute atomic E-state index is 0.108. The summed E-state index contributed by atoms with van der Waals surface area (Å²) < 4.78 is 5.64. The quantitative estimate of drug-likeness (QED) is 0.853. The highest BCUT2D eigenvalue weighted by Crippen LogP contribution is 2.19. The predicted octanol–water partition coefficient (Wildman–Crippen LogP) is 3.86. The summed E-state index contributed by atoms with van der Waals surface area (Å²) in [6.07, 6.45) is 3.38. The van der Waals surface area contributed by atoms with Crippen LogP contribution in [-0.4, -0.2) is 24.2 Å². The fourth-order valence-electron chi connectivity index (χ4n) is 2.05. The zero-order valence-electron chi connectivity index (χ0n) is 13.6. The molecule has 1 amide bonds. The van der Waals surface area contributed by atoms with Gasteiger partial charge in [0.05, 0.1) is 6.10 Å². The van der Waals surface area contributed by atoms with Gasteiger partial charge in [0.1, 0.15) is 11.5 Å². The Kier molecular flexibility index (Phi) is 5.41. The number of hydrogen-bond donors (Lipinski definition) is 1. The largest absolute Gasteiger partial charge is 0.508 e. The van der Waals surface area contributed by atoms with Crippen LogP contribution in [0.4, 0.5) is 5.69 Å². The van der Waals surface area contributed by atoms with E-state index in [0.717, 1.165) is 11.3 Å². The second-order valence-corrected chi connectivity index (χ2v) is 5.49. The van der Waals surface area contributed by atoms with E-state index in [4.69, 9.17) is 4.74 Å². The van der Waals surface area contributed by atoms with Crippen LogP contribution in [0.25, 0.3) is 6.08 Å². The Morgan fingerprint density at radius 2 is 1.87 bits per heavy atom. The van der Waals surface area contributed by atoms with Gasteiger partial charge in [-0.05, 0) is 61.9 Å². The van der Waals surface area contributed by atoms with E-state index in [1.165, 1.54) is 11.0 Å². The molecule has 4 nitrogen and oxygen atoms in total. The van der Waals surface area contributed by atoms with Gasteiger partial charge in [-0.25, -0.2) is 0 Å². The van der Waals surface area contributed by atoms with Gasteiger partial charge in [-0.3, -0.25) is 4.79 Å². The van der Waals surface area contributed by atoms with Crippen molar-refractivity contribution in [3.8, 4) is 11.5 Å². The molecular formula is C19H21NO3. The molecule has 23 heavy (non-hydrogen) atoms. The van der Waals surface area contributed by atoms with Crippen molar-refractivity contribution in [1.29, 1.82) is 0 Å². The molecule has 0 radical (unpaired) electrons. The number of anilines is 1. The molecule has 4 heteroatoms. The van der Waals surface area contributed by atoms with E-state index >= 15 is 0 Å². The fourth-order valence-corrected chi connectivity index (χ4v) is 2.05. The number of phenols is 1. The maximum Gasteiger partial charge on any atom is 0.250 e. The Morgan fingerprint density at radius 1 is 1.17 bits per heavy atom. The molecular weight excluding hydrogens is 290 g/mol. The van der Waals surface area contributed by atoms with E-state index in [1.807, 2.05) is 38.1 Å². The van der Waals surface area contributed by atoms with Crippen molar-refractivity contribution in [1.82, 2.24) is 0 Å². The lowest BCUT2D eigenvalue weighted by atomic mass is 10.2. The second kappa shape index (κ2) is 7.49. The lowest BCUT2D eigenvalue weighted by Gasteiger charge is -2.15. The zero-order valence-corrected chi connectivity index (χ0v) is 13.6. The molecule has 0 spiro atoms. The molecule has 0 aliphatic carbocycles. The Balaban J connectivity index is 2.07. The number of ether oxygens (including phenoxy) is 1. The van der Waals surface area contributed by atoms with Crippen molar-refractivity contribution in [3.63, 3.8) is 0 Å². The molecule has 2 rings (SSSR count). The van der Waals surface area contributed by atoms with Crippen molar-refractivity contribution in [2.24, 2.45) is 0 Å². The van der Waals surface area contributed by atoms with Gasteiger partial charge in [-0.2, -0.15) is 0 Å². The first-order valence-corrected chi connectivity index (χ1v) is 7.47. The molecule has 0 aromatic heterocycles. The van der Waals surface area contributed by atoms with Crippen LogP contribution in [0.5, 0.6) is 11.5 Å². The number of carbonyl (C=O) groups excluding carboxylic acids is 1. The number of phenolic OH excluding ortho intramolecular Hbond substituents is 1. The van der Waals surface area contributed by atoms with Crippen molar-refractivity contribution < 1.29 is 14.6 Å². The molecule has 0 fully saturated rings. The predicted molar refractivity (Wildman–Crippen MR) is 92.8 cm³/mol. The monoisotopic (exact) mass is 311 g/mol. The Hall–Kier alpha value is -2.75. The summed E-state index contributed by atoms with van der Waals surface area (Å²) in [6.45, 7) is 3.94. The van der Waals surface area contributed by atoms with Gasteiger partial charge in [0, 0.05) is 18.8 Å². The zero-order chi connectivity index (χ0) is 16.8. The Bertz CT molecular complexity index is 690. The van der Waals surface area contributed by atoms with Gasteiger partial charge in [0.25, 0.3) is 5.91 Å². The highest BCUT2D eigenvalue weighted by atomic mass is 16.5. The van der Waals surface area contributed by atoms with Crippen molar-refractivity contribution in [2.45, 2.75) is 20.0 Å². The SMILES string of the molecule is CC(C)Oc1cccc(/C=C/C(=O)N(C)c2ccc(O)cc2)c1. The molecule has 0 aliphatic heterocycles. The number of likely N-dealkylation sites (N-methyl/N-ethyl adjacent to an activating group) is 1. The van der Waals surface area contributed by atoms with Gasteiger partial charge in [0.2, 0.25) is 0 Å². The van der Waals surface area contributed by atoms with Gasteiger partial charge in [-0.1, -0.05) is 12.1 Å².